The molecule has 0 fully saturated rings. The van der Waals surface area contributed by atoms with E-state index in [-0.39, 0.29) is 5.03 Å². The summed E-state index contributed by atoms with van der Waals surface area (Å²) < 4.78 is 33.6. The lowest BCUT2D eigenvalue weighted by molar-refractivity contribution is -0.137. The van der Waals surface area contributed by atoms with Crippen LogP contribution < -0.4 is 0 Å². The molecular weight excluding hydrogens is 412 g/mol. The molecule has 4 aromatic rings. The van der Waals surface area contributed by atoms with E-state index in [1.165, 1.54) is 22.3 Å². The maximum atomic E-state index is 13.6. The minimum atomic E-state index is -3.97. The van der Waals surface area contributed by atoms with Crippen LogP contribution in [0.1, 0.15) is 25.3 Å². The van der Waals surface area contributed by atoms with Gasteiger partial charge in [-0.25, -0.2) is 13.8 Å². The van der Waals surface area contributed by atoms with E-state index in [0.717, 1.165) is 23.6 Å². The van der Waals surface area contributed by atoms with Crippen molar-refractivity contribution in [2.45, 2.75) is 24.8 Å². The van der Waals surface area contributed by atoms with Crippen molar-refractivity contribution in [3.63, 3.8) is 0 Å². The highest BCUT2D eigenvalue weighted by Crippen LogP contribution is 2.34. The summed E-state index contributed by atoms with van der Waals surface area (Å²) in [6, 6.07) is 17.6. The number of benzene rings is 2. The number of nitrogens with zero attached hydrogens (tertiary/aromatic N) is 2. The van der Waals surface area contributed by atoms with Crippen molar-refractivity contribution in [3.8, 4) is 0 Å². The molecule has 2 aromatic carbocycles. The highest BCUT2D eigenvalue weighted by Gasteiger charge is 2.25. The molecule has 2 heterocycles. The second-order valence-corrected chi connectivity index (χ2v) is 8.79. The SMILES string of the molecule is CCCCOC(=O)/C=C/c1cccc2c3ccccc3n(S(=O)(=O)c3ccccn3)c12. The number of para-hydroxylation sites is 2. The maximum absolute atomic E-state index is 13.6. The van der Waals surface area contributed by atoms with Gasteiger partial charge in [0.05, 0.1) is 17.6 Å². The maximum Gasteiger partial charge on any atom is 0.330 e. The fraction of sp³-hybridized carbons (Fsp3) is 0.167. The molecule has 0 N–H and O–H groups in total. The fourth-order valence-corrected chi connectivity index (χ4v) is 5.00. The summed E-state index contributed by atoms with van der Waals surface area (Å²) in [5.74, 6) is -0.458. The van der Waals surface area contributed by atoms with Crippen LogP contribution in [0.25, 0.3) is 27.9 Å². The topological polar surface area (TPSA) is 78.3 Å². The van der Waals surface area contributed by atoms with Gasteiger partial charge in [0.25, 0.3) is 10.0 Å². The number of fused-ring (bicyclic) bond motifs is 3. The van der Waals surface area contributed by atoms with E-state index in [4.69, 9.17) is 4.74 Å². The molecule has 4 rings (SSSR count). The first-order valence-electron chi connectivity index (χ1n) is 10.1. The van der Waals surface area contributed by atoms with E-state index in [0.29, 0.717) is 23.2 Å². The summed E-state index contributed by atoms with van der Waals surface area (Å²) in [5, 5.41) is 1.53. The molecule has 31 heavy (non-hydrogen) atoms. The van der Waals surface area contributed by atoms with Crippen LogP contribution in [0.2, 0.25) is 0 Å². The Labute approximate surface area is 180 Å². The Morgan fingerprint density at radius 2 is 1.81 bits per heavy atom. The average Bonchev–Trinajstić information content (AvgIpc) is 3.14. The van der Waals surface area contributed by atoms with Gasteiger partial charge < -0.3 is 4.74 Å². The van der Waals surface area contributed by atoms with Gasteiger partial charge in [-0.1, -0.05) is 55.8 Å². The van der Waals surface area contributed by atoms with E-state index in [2.05, 4.69) is 4.98 Å². The van der Waals surface area contributed by atoms with Crippen LogP contribution in [-0.2, 0) is 19.6 Å². The number of carbonyl (C=O) groups is 1. The third kappa shape index (κ3) is 3.96. The van der Waals surface area contributed by atoms with Gasteiger partial charge in [-0.3, -0.25) is 0 Å². The van der Waals surface area contributed by atoms with Crippen molar-refractivity contribution in [3.05, 3.63) is 78.5 Å². The first-order chi connectivity index (χ1) is 15.0. The number of carbonyl (C=O) groups excluding carboxylic acids is 1. The van der Waals surface area contributed by atoms with Gasteiger partial charge >= 0.3 is 5.97 Å². The number of esters is 1. The van der Waals surface area contributed by atoms with Crippen LogP contribution in [0.3, 0.4) is 0 Å². The lowest BCUT2D eigenvalue weighted by atomic mass is 10.1. The molecular formula is C24H22N2O4S. The second-order valence-electron chi connectivity index (χ2n) is 7.05. The largest absolute Gasteiger partial charge is 0.463 e. The highest BCUT2D eigenvalue weighted by molar-refractivity contribution is 7.90. The third-order valence-corrected chi connectivity index (χ3v) is 6.60. The van der Waals surface area contributed by atoms with Crippen molar-refractivity contribution in [2.24, 2.45) is 0 Å². The summed E-state index contributed by atoms with van der Waals surface area (Å²) in [6.45, 7) is 2.38. The van der Waals surface area contributed by atoms with Gasteiger partial charge in [-0.15, -0.1) is 0 Å². The molecule has 0 amide bonds. The molecule has 0 saturated carbocycles. The molecule has 6 nitrogen and oxygen atoms in total. The molecule has 2 aromatic heterocycles. The lowest BCUT2D eigenvalue weighted by Gasteiger charge is -2.10. The Kier molecular flexibility index (Phi) is 5.86. The summed E-state index contributed by atoms with van der Waals surface area (Å²) in [7, 11) is -3.97. The van der Waals surface area contributed by atoms with Crippen molar-refractivity contribution < 1.29 is 17.9 Å². The Morgan fingerprint density at radius 1 is 1.03 bits per heavy atom. The molecule has 7 heteroatoms. The van der Waals surface area contributed by atoms with Crippen LogP contribution in [-0.4, -0.2) is 30.0 Å². The number of rotatable bonds is 7. The van der Waals surface area contributed by atoms with Crippen molar-refractivity contribution in [2.75, 3.05) is 6.61 Å². The van der Waals surface area contributed by atoms with Crippen molar-refractivity contribution >= 4 is 43.9 Å². The molecule has 0 atom stereocenters. The standard InChI is InChI=1S/C24H22N2O4S/c1-2-3-17-30-23(27)15-14-18-9-8-11-20-19-10-4-5-12-21(19)26(24(18)20)31(28,29)22-13-6-7-16-25-22/h4-16H,2-3,17H2,1H3/b15-14+. The molecule has 0 aliphatic heterocycles. The van der Waals surface area contributed by atoms with E-state index >= 15 is 0 Å². The Hall–Kier alpha value is -3.45. The Balaban J connectivity index is 1.92. The summed E-state index contributed by atoms with van der Waals surface area (Å²) in [5.41, 5.74) is 1.64. The zero-order valence-corrected chi connectivity index (χ0v) is 17.9. The summed E-state index contributed by atoms with van der Waals surface area (Å²) in [6.07, 6.45) is 6.11. The minimum Gasteiger partial charge on any atom is -0.463 e. The van der Waals surface area contributed by atoms with Crippen LogP contribution in [0.4, 0.5) is 0 Å². The van der Waals surface area contributed by atoms with E-state index < -0.39 is 16.0 Å². The quantitative estimate of drug-likeness (QED) is 0.238. The van der Waals surface area contributed by atoms with Gasteiger partial charge in [0.15, 0.2) is 5.03 Å². The van der Waals surface area contributed by atoms with Crippen LogP contribution in [0, 0.1) is 0 Å². The number of aromatic nitrogens is 2. The van der Waals surface area contributed by atoms with Gasteiger partial charge in [0, 0.05) is 28.6 Å². The van der Waals surface area contributed by atoms with Crippen LogP contribution in [0.15, 0.2) is 78.0 Å². The molecule has 0 saturated heterocycles. The predicted molar refractivity (Wildman–Crippen MR) is 121 cm³/mol. The van der Waals surface area contributed by atoms with E-state index in [9.17, 15) is 13.2 Å². The number of hydrogen-bond acceptors (Lipinski definition) is 5. The van der Waals surface area contributed by atoms with Crippen molar-refractivity contribution in [1.82, 2.24) is 8.96 Å². The molecule has 0 bridgehead atoms. The molecule has 0 radical (unpaired) electrons. The smallest absolute Gasteiger partial charge is 0.330 e. The van der Waals surface area contributed by atoms with Crippen LogP contribution >= 0.6 is 0 Å². The molecule has 0 aliphatic carbocycles. The van der Waals surface area contributed by atoms with Gasteiger partial charge in [0.1, 0.15) is 0 Å². The van der Waals surface area contributed by atoms with Crippen LogP contribution in [0.5, 0.6) is 0 Å². The molecule has 158 valence electrons. The predicted octanol–water partition coefficient (Wildman–Crippen LogP) is 4.78. The number of hydrogen-bond donors (Lipinski definition) is 0. The first-order valence-corrected chi connectivity index (χ1v) is 11.5. The Bertz CT molecular complexity index is 1370. The number of ether oxygens (including phenoxy) is 1. The van der Waals surface area contributed by atoms with Gasteiger partial charge in [-0.05, 0) is 30.7 Å². The second kappa shape index (κ2) is 8.73. The van der Waals surface area contributed by atoms with E-state index in [1.54, 1.807) is 36.4 Å². The lowest BCUT2D eigenvalue weighted by Crippen LogP contribution is -2.14. The van der Waals surface area contributed by atoms with E-state index in [1.807, 2.05) is 31.2 Å². The zero-order valence-electron chi connectivity index (χ0n) is 17.1. The molecule has 0 unspecified atom stereocenters. The average molecular weight is 435 g/mol. The Morgan fingerprint density at radius 3 is 2.58 bits per heavy atom. The highest BCUT2D eigenvalue weighted by atomic mass is 32.2. The summed E-state index contributed by atoms with van der Waals surface area (Å²) in [4.78, 5) is 16.1. The molecule has 0 spiro atoms. The third-order valence-electron chi connectivity index (χ3n) is 4.97. The van der Waals surface area contributed by atoms with Gasteiger partial charge in [-0.2, -0.15) is 8.42 Å². The molecule has 0 aliphatic rings. The normalized spacial score (nSPS) is 12.0. The monoisotopic (exact) mass is 434 g/mol. The number of unbranched alkanes of at least 4 members (excludes halogenated alkanes) is 1. The zero-order chi connectivity index (χ0) is 21.8. The first kappa shape index (κ1) is 20.8. The fourth-order valence-electron chi connectivity index (χ4n) is 3.50. The summed E-state index contributed by atoms with van der Waals surface area (Å²) >= 11 is 0. The van der Waals surface area contributed by atoms with Crippen molar-refractivity contribution in [1.29, 1.82) is 0 Å². The van der Waals surface area contributed by atoms with Gasteiger partial charge in [0.2, 0.25) is 0 Å². The number of pyridine rings is 1. The minimum absolute atomic E-state index is 0.0459.